The van der Waals surface area contributed by atoms with Crippen molar-refractivity contribution in [2.45, 2.75) is 182 Å². The van der Waals surface area contributed by atoms with Gasteiger partial charge in [-0.3, -0.25) is 9.59 Å². The molecule has 1 N–H and O–H groups in total. The van der Waals surface area contributed by atoms with Gasteiger partial charge in [0.2, 0.25) is 0 Å². The van der Waals surface area contributed by atoms with Crippen LogP contribution in [0.5, 0.6) is 0 Å². The first-order chi connectivity index (χ1) is 25.4. The summed E-state index contributed by atoms with van der Waals surface area (Å²) in [6, 6.07) is 0. The van der Waals surface area contributed by atoms with Gasteiger partial charge in [-0.1, -0.05) is 77.0 Å². The molecular formula is C33H46F18O5. The van der Waals surface area contributed by atoms with Crippen LogP contribution in [0.4, 0.5) is 79.0 Å². The number of aliphatic hydroxyl groups excluding tert-OH is 1. The van der Waals surface area contributed by atoms with Crippen LogP contribution >= 0.6 is 0 Å². The summed E-state index contributed by atoms with van der Waals surface area (Å²) in [5.41, 5.74) is 0. The number of hydrogen-bond donors (Lipinski definition) is 1. The lowest BCUT2D eigenvalue weighted by Gasteiger charge is -2.33. The first kappa shape index (κ1) is 53.6. The highest BCUT2D eigenvalue weighted by atomic mass is 19.4. The summed E-state index contributed by atoms with van der Waals surface area (Å²) in [6.45, 7) is -1.12. The summed E-state index contributed by atoms with van der Waals surface area (Å²) in [6.07, 6.45) is -15.5. The number of alkyl halides is 18. The number of aliphatic hydroxyl groups is 1. The molecule has 56 heavy (non-hydrogen) atoms. The molecule has 5 nitrogen and oxygen atoms in total. The Bertz CT molecular complexity index is 1140. The minimum absolute atomic E-state index is 0.0543. The summed E-state index contributed by atoms with van der Waals surface area (Å²) in [5.74, 6) is -39.6. The fraction of sp³-hybridized carbons (Fsp3) is 0.939. The number of ether oxygens (including phenoxy) is 2. The lowest BCUT2D eigenvalue weighted by Crippen LogP contribution is -2.60. The molecule has 1 atom stereocenters. The molecule has 0 saturated heterocycles. The van der Waals surface area contributed by atoms with Crippen LogP contribution in [0.1, 0.15) is 128 Å². The fourth-order valence-electron chi connectivity index (χ4n) is 5.11. The maximum absolute atomic E-state index is 13.5. The Kier molecular flexibility index (Phi) is 21.7. The molecule has 334 valence electrons. The van der Waals surface area contributed by atoms with E-state index in [-0.39, 0.29) is 38.5 Å². The minimum Gasteiger partial charge on any atom is -0.462 e. The molecule has 1 unspecified atom stereocenters. The average molecular weight is 865 g/mol. The molecule has 0 radical (unpaired) electrons. The van der Waals surface area contributed by atoms with Crippen molar-refractivity contribution in [1.82, 2.24) is 0 Å². The van der Waals surface area contributed by atoms with Crippen LogP contribution in [0.25, 0.3) is 0 Å². The van der Waals surface area contributed by atoms with Crippen molar-refractivity contribution in [2.75, 3.05) is 13.2 Å². The summed E-state index contributed by atoms with van der Waals surface area (Å²) in [4.78, 5) is 24.0. The Hall–Kier alpha value is -2.36. The van der Waals surface area contributed by atoms with E-state index in [9.17, 15) is 93.7 Å². The number of halogens is 18. The maximum atomic E-state index is 13.5. The first-order valence-corrected chi connectivity index (χ1v) is 17.8. The number of rotatable bonds is 30. The third kappa shape index (κ3) is 16.1. The number of hydrogen-bond acceptors (Lipinski definition) is 5. The third-order valence-corrected chi connectivity index (χ3v) is 8.59. The van der Waals surface area contributed by atoms with E-state index in [2.05, 4.69) is 0 Å². The fourth-order valence-corrected chi connectivity index (χ4v) is 5.11. The van der Waals surface area contributed by atoms with E-state index in [0.717, 1.165) is 0 Å². The standard InChI is InChI=1S/C33H46F18O5/c34-26(35,28(38,39)30(42,43)32(46,47)48)19-15-11-7-3-1-5-9-13-17-24(53)55-22-23(21-52)56-25(54)18-14-10-6-2-4-8-12-16-20-27(36,37)29(40,41)31(44,45)33(49,50)51/h23,52H,1-22H2. The molecule has 0 bridgehead atoms. The second kappa shape index (κ2) is 22.7. The third-order valence-electron chi connectivity index (χ3n) is 8.59. The molecule has 0 aliphatic carbocycles. The van der Waals surface area contributed by atoms with Crippen LogP contribution in [-0.2, 0) is 19.1 Å². The smallest absolute Gasteiger partial charge is 0.460 e. The topological polar surface area (TPSA) is 72.8 Å². The normalized spacial score (nSPS) is 14.6. The van der Waals surface area contributed by atoms with Crippen LogP contribution in [0.2, 0.25) is 0 Å². The molecule has 0 spiro atoms. The average Bonchev–Trinajstić information content (AvgIpc) is 3.06. The quantitative estimate of drug-likeness (QED) is 0.0442. The van der Waals surface area contributed by atoms with E-state index in [4.69, 9.17) is 9.47 Å². The lowest BCUT2D eigenvalue weighted by molar-refractivity contribution is -0.396. The van der Waals surface area contributed by atoms with Gasteiger partial charge in [0.15, 0.2) is 6.10 Å². The van der Waals surface area contributed by atoms with Gasteiger partial charge in [0, 0.05) is 25.7 Å². The zero-order chi connectivity index (χ0) is 43.7. The zero-order valence-electron chi connectivity index (χ0n) is 30.0. The highest BCUT2D eigenvalue weighted by molar-refractivity contribution is 5.70. The van der Waals surface area contributed by atoms with Crippen molar-refractivity contribution in [1.29, 1.82) is 0 Å². The van der Waals surface area contributed by atoms with Gasteiger partial charge in [-0.15, -0.1) is 0 Å². The van der Waals surface area contributed by atoms with Gasteiger partial charge in [-0.05, 0) is 25.7 Å². The van der Waals surface area contributed by atoms with Crippen LogP contribution in [-0.4, -0.2) is 84.3 Å². The molecule has 0 fully saturated rings. The van der Waals surface area contributed by atoms with Gasteiger partial charge in [0.05, 0.1) is 6.61 Å². The Morgan fingerprint density at radius 1 is 0.411 bits per heavy atom. The summed E-state index contributed by atoms with van der Waals surface area (Å²) in [7, 11) is 0. The van der Waals surface area contributed by atoms with Gasteiger partial charge < -0.3 is 14.6 Å². The van der Waals surface area contributed by atoms with E-state index in [1.54, 1.807) is 0 Å². The monoisotopic (exact) mass is 864 g/mol. The van der Waals surface area contributed by atoms with Gasteiger partial charge >= 0.3 is 59.8 Å². The van der Waals surface area contributed by atoms with Gasteiger partial charge in [0.1, 0.15) is 6.61 Å². The first-order valence-electron chi connectivity index (χ1n) is 17.8. The van der Waals surface area contributed by atoms with Crippen LogP contribution in [0.15, 0.2) is 0 Å². The molecule has 0 heterocycles. The highest BCUT2D eigenvalue weighted by Crippen LogP contribution is 2.55. The Morgan fingerprint density at radius 2 is 0.696 bits per heavy atom. The second-order valence-electron chi connectivity index (χ2n) is 13.3. The van der Waals surface area contributed by atoms with E-state index in [1.165, 1.54) is 0 Å². The number of unbranched alkanes of at least 4 members (excludes halogenated alkanes) is 14. The molecule has 0 aromatic carbocycles. The van der Waals surface area contributed by atoms with Gasteiger partial charge in [-0.25, -0.2) is 0 Å². The molecule has 0 rings (SSSR count). The molecular weight excluding hydrogens is 818 g/mol. The molecule has 0 saturated carbocycles. The Balaban J connectivity index is 4.05. The van der Waals surface area contributed by atoms with Crippen molar-refractivity contribution < 1.29 is 103 Å². The van der Waals surface area contributed by atoms with E-state index in [1.807, 2.05) is 0 Å². The van der Waals surface area contributed by atoms with Crippen LogP contribution < -0.4 is 0 Å². The molecule has 0 aromatic heterocycles. The lowest BCUT2D eigenvalue weighted by atomic mass is 9.97. The van der Waals surface area contributed by atoms with Crippen LogP contribution in [0, 0.1) is 0 Å². The number of esters is 2. The largest absolute Gasteiger partial charge is 0.462 e. The van der Waals surface area contributed by atoms with Crippen molar-refractivity contribution in [3.05, 3.63) is 0 Å². The van der Waals surface area contributed by atoms with E-state index >= 15 is 0 Å². The predicted molar refractivity (Wildman–Crippen MR) is 162 cm³/mol. The van der Waals surface area contributed by atoms with Gasteiger partial charge in [0.25, 0.3) is 0 Å². The highest BCUT2D eigenvalue weighted by Gasteiger charge is 2.82. The molecule has 0 aromatic rings. The van der Waals surface area contributed by atoms with Crippen molar-refractivity contribution in [3.8, 4) is 0 Å². The Morgan fingerprint density at radius 3 is 1.00 bits per heavy atom. The van der Waals surface area contributed by atoms with Crippen molar-refractivity contribution in [3.63, 3.8) is 0 Å². The number of carbonyl (C=O) groups excluding carboxylic acids is 2. The Labute approximate surface area is 311 Å². The zero-order valence-corrected chi connectivity index (χ0v) is 30.0. The predicted octanol–water partition coefficient (Wildman–Crippen LogP) is 12.2. The molecule has 0 amide bonds. The maximum Gasteiger partial charge on any atom is 0.460 e. The summed E-state index contributed by atoms with van der Waals surface area (Å²) >= 11 is 0. The molecule has 0 aliphatic heterocycles. The number of carbonyl (C=O) groups is 2. The SMILES string of the molecule is O=C(CCCCCCCCCCC(F)(F)C(F)(F)C(F)(F)C(F)(F)F)OCC(CO)OC(=O)CCCCCCCCCCC(F)(F)C(F)(F)C(F)(F)C(F)(F)F. The van der Waals surface area contributed by atoms with Crippen molar-refractivity contribution >= 4 is 11.9 Å². The van der Waals surface area contributed by atoms with Crippen molar-refractivity contribution in [2.24, 2.45) is 0 Å². The molecule has 0 aliphatic rings. The minimum atomic E-state index is -6.91. The van der Waals surface area contributed by atoms with Crippen LogP contribution in [0.3, 0.4) is 0 Å². The van der Waals surface area contributed by atoms with E-state index in [0.29, 0.717) is 64.2 Å². The van der Waals surface area contributed by atoms with Gasteiger partial charge in [-0.2, -0.15) is 79.0 Å². The summed E-state index contributed by atoms with van der Waals surface area (Å²) < 4.78 is 242. The molecule has 23 heteroatoms. The summed E-state index contributed by atoms with van der Waals surface area (Å²) in [5, 5.41) is 9.39. The van der Waals surface area contributed by atoms with E-state index < -0.39 is 105 Å². The second-order valence-corrected chi connectivity index (χ2v) is 13.3.